The van der Waals surface area contributed by atoms with Gasteiger partial charge >= 0.3 is 5.69 Å². The summed E-state index contributed by atoms with van der Waals surface area (Å²) in [4.78, 5) is 37.4. The summed E-state index contributed by atoms with van der Waals surface area (Å²) in [5, 5.41) is 4.04. The molecule has 1 saturated heterocycles. The molecule has 0 saturated carbocycles. The zero-order valence-electron chi connectivity index (χ0n) is 16.4. The van der Waals surface area contributed by atoms with Gasteiger partial charge in [0.25, 0.3) is 0 Å². The largest absolute Gasteiger partial charge is 0.345 e. The van der Waals surface area contributed by atoms with Crippen molar-refractivity contribution in [3.8, 4) is 0 Å². The third kappa shape index (κ3) is 4.26. The summed E-state index contributed by atoms with van der Waals surface area (Å²) in [7, 11) is 0. The summed E-state index contributed by atoms with van der Waals surface area (Å²) in [6, 6.07) is -0.151. The van der Waals surface area contributed by atoms with Crippen LogP contribution in [0.15, 0.2) is 9.32 Å². The van der Waals surface area contributed by atoms with Crippen molar-refractivity contribution < 1.29 is 9.32 Å². The minimum atomic E-state index is -0.353. The molecule has 2 aromatic rings. The lowest BCUT2D eigenvalue weighted by Gasteiger charge is -2.33. The van der Waals surface area contributed by atoms with Crippen LogP contribution in [0.1, 0.15) is 80.2 Å². The van der Waals surface area contributed by atoms with Gasteiger partial charge in [-0.3, -0.25) is 4.79 Å². The second-order valence-electron chi connectivity index (χ2n) is 7.48. The number of hydrogen-bond acceptors (Lipinski definition) is 6. The van der Waals surface area contributed by atoms with Gasteiger partial charge in [-0.15, -0.1) is 0 Å². The van der Waals surface area contributed by atoms with E-state index in [1.807, 2.05) is 25.7 Å². The molecule has 1 aliphatic heterocycles. The molecule has 146 valence electrons. The highest BCUT2D eigenvalue weighted by Crippen LogP contribution is 2.31. The molecule has 2 aromatic heterocycles. The molecule has 1 atom stereocenters. The third-order valence-electron chi connectivity index (χ3n) is 5.12. The first-order chi connectivity index (χ1) is 12.9. The Morgan fingerprint density at radius 2 is 2.07 bits per heavy atom. The Labute approximate surface area is 158 Å². The van der Waals surface area contributed by atoms with E-state index in [2.05, 4.69) is 20.1 Å². The molecule has 0 aromatic carbocycles. The molecule has 3 rings (SSSR count). The summed E-state index contributed by atoms with van der Waals surface area (Å²) in [6.45, 7) is 8.37. The minimum Gasteiger partial charge on any atom is -0.337 e. The van der Waals surface area contributed by atoms with Gasteiger partial charge in [0.15, 0.2) is 5.82 Å². The van der Waals surface area contributed by atoms with Gasteiger partial charge in [0, 0.05) is 30.3 Å². The molecular weight excluding hydrogens is 346 g/mol. The fourth-order valence-electron chi connectivity index (χ4n) is 3.60. The van der Waals surface area contributed by atoms with Crippen molar-refractivity contribution >= 4 is 5.91 Å². The molecule has 0 spiro atoms. The molecule has 0 aliphatic carbocycles. The number of aromatic amines is 1. The molecule has 8 nitrogen and oxygen atoms in total. The zero-order chi connectivity index (χ0) is 19.6. The van der Waals surface area contributed by atoms with Gasteiger partial charge in [-0.2, -0.15) is 9.97 Å². The van der Waals surface area contributed by atoms with Gasteiger partial charge in [-0.1, -0.05) is 19.0 Å². The first-order valence-electron chi connectivity index (χ1n) is 9.56. The Kier molecular flexibility index (Phi) is 5.72. The van der Waals surface area contributed by atoms with Crippen LogP contribution >= 0.6 is 0 Å². The number of nitrogens with one attached hydrogen (secondary N) is 1. The van der Waals surface area contributed by atoms with Crippen molar-refractivity contribution in [3.05, 3.63) is 39.2 Å². The molecule has 3 heterocycles. The van der Waals surface area contributed by atoms with Crippen LogP contribution in [0.25, 0.3) is 0 Å². The quantitative estimate of drug-likeness (QED) is 0.863. The monoisotopic (exact) mass is 373 g/mol. The smallest absolute Gasteiger partial charge is 0.337 e. The molecule has 1 N–H and O–H groups in total. The second kappa shape index (κ2) is 8.02. The van der Waals surface area contributed by atoms with Crippen molar-refractivity contribution in [1.82, 2.24) is 25.0 Å². The molecule has 1 aliphatic rings. The molecular formula is C19H27N5O3. The van der Waals surface area contributed by atoms with E-state index in [1.54, 1.807) is 6.92 Å². The van der Waals surface area contributed by atoms with E-state index in [9.17, 15) is 9.59 Å². The highest BCUT2D eigenvalue weighted by Gasteiger charge is 2.32. The topological polar surface area (TPSA) is 105 Å². The maximum Gasteiger partial charge on any atom is 0.345 e. The second-order valence-corrected chi connectivity index (χ2v) is 7.48. The first kappa shape index (κ1) is 19.3. The number of H-pyrrole nitrogens is 1. The summed E-state index contributed by atoms with van der Waals surface area (Å²) < 4.78 is 5.46. The fraction of sp³-hybridized carbons (Fsp3) is 0.632. The third-order valence-corrected chi connectivity index (χ3v) is 5.12. The van der Waals surface area contributed by atoms with Crippen LogP contribution in [0, 0.1) is 13.8 Å². The van der Waals surface area contributed by atoms with E-state index in [1.165, 1.54) is 0 Å². The minimum absolute atomic E-state index is 0.0639. The molecule has 8 heteroatoms. The Hall–Kier alpha value is -2.51. The highest BCUT2D eigenvalue weighted by molar-refractivity contribution is 5.77. The van der Waals surface area contributed by atoms with Gasteiger partial charge in [0.05, 0.1) is 0 Å². The van der Waals surface area contributed by atoms with Gasteiger partial charge < -0.3 is 14.4 Å². The predicted molar refractivity (Wildman–Crippen MR) is 99.3 cm³/mol. The van der Waals surface area contributed by atoms with Crippen LogP contribution in [0.2, 0.25) is 0 Å². The number of hydrogen-bond donors (Lipinski definition) is 1. The highest BCUT2D eigenvalue weighted by atomic mass is 16.5. The van der Waals surface area contributed by atoms with Crippen molar-refractivity contribution in [2.75, 3.05) is 6.54 Å². The molecule has 1 fully saturated rings. The standard InChI is InChI=1S/C19H27N5O3/c1-11(2)17-22-18(27-23-17)15-7-5-6-10-24(15)16(25)9-8-14-12(3)20-19(26)21-13(14)4/h11,15H,5-10H2,1-4H3,(H,20,21,26)/t15-/m0/s1. The summed E-state index contributed by atoms with van der Waals surface area (Å²) >= 11 is 0. The van der Waals surface area contributed by atoms with E-state index in [-0.39, 0.29) is 23.6 Å². The van der Waals surface area contributed by atoms with Crippen LogP contribution in [0.3, 0.4) is 0 Å². The van der Waals surface area contributed by atoms with E-state index in [0.29, 0.717) is 36.8 Å². The lowest BCUT2D eigenvalue weighted by atomic mass is 10.00. The predicted octanol–water partition coefficient (Wildman–Crippen LogP) is 2.58. The van der Waals surface area contributed by atoms with Crippen molar-refractivity contribution in [3.63, 3.8) is 0 Å². The van der Waals surface area contributed by atoms with E-state index in [0.717, 1.165) is 30.5 Å². The maximum atomic E-state index is 12.9. The number of likely N-dealkylation sites (tertiary alicyclic amines) is 1. The summed E-state index contributed by atoms with van der Waals surface area (Å²) in [6.07, 6.45) is 3.76. The van der Waals surface area contributed by atoms with Crippen LogP contribution in [-0.2, 0) is 11.2 Å². The van der Waals surface area contributed by atoms with Gasteiger partial charge in [0.2, 0.25) is 11.8 Å². The number of aryl methyl sites for hydroxylation is 2. The van der Waals surface area contributed by atoms with Gasteiger partial charge in [-0.25, -0.2) is 4.79 Å². The van der Waals surface area contributed by atoms with Crippen LogP contribution in [0.4, 0.5) is 0 Å². The van der Waals surface area contributed by atoms with Crippen LogP contribution in [0.5, 0.6) is 0 Å². The average Bonchev–Trinajstić information content (AvgIpc) is 3.11. The number of nitrogens with zero attached hydrogens (tertiary/aromatic N) is 4. The Morgan fingerprint density at radius 1 is 1.30 bits per heavy atom. The maximum absolute atomic E-state index is 12.9. The summed E-state index contributed by atoms with van der Waals surface area (Å²) in [5.41, 5.74) is 2.02. The Bertz CT molecular complexity index is 844. The van der Waals surface area contributed by atoms with Crippen LogP contribution in [-0.4, -0.2) is 37.5 Å². The molecule has 27 heavy (non-hydrogen) atoms. The van der Waals surface area contributed by atoms with E-state index >= 15 is 0 Å². The number of carbonyl (C=O) groups is 1. The number of piperidine rings is 1. The summed E-state index contributed by atoms with van der Waals surface area (Å²) in [5.74, 6) is 1.46. The Morgan fingerprint density at radius 3 is 2.74 bits per heavy atom. The van der Waals surface area contributed by atoms with Crippen molar-refractivity contribution in [1.29, 1.82) is 0 Å². The fourth-order valence-corrected chi connectivity index (χ4v) is 3.60. The van der Waals surface area contributed by atoms with Gasteiger partial charge in [0.1, 0.15) is 6.04 Å². The van der Waals surface area contributed by atoms with Crippen molar-refractivity contribution in [2.24, 2.45) is 0 Å². The molecule has 0 radical (unpaired) electrons. The average molecular weight is 373 g/mol. The van der Waals surface area contributed by atoms with Crippen molar-refractivity contribution in [2.45, 2.75) is 71.8 Å². The SMILES string of the molecule is Cc1nc(=O)[nH]c(C)c1CCC(=O)N1CCCC[C@H]1c1nc(C(C)C)no1. The first-order valence-corrected chi connectivity index (χ1v) is 9.56. The lowest BCUT2D eigenvalue weighted by molar-refractivity contribution is -0.135. The van der Waals surface area contributed by atoms with Crippen LogP contribution < -0.4 is 5.69 Å². The zero-order valence-corrected chi connectivity index (χ0v) is 16.4. The number of amides is 1. The number of aromatic nitrogens is 4. The van der Waals surface area contributed by atoms with E-state index < -0.39 is 0 Å². The number of carbonyl (C=O) groups excluding carboxylic acids is 1. The molecule has 1 amide bonds. The normalized spacial score (nSPS) is 17.5. The molecule has 0 bridgehead atoms. The van der Waals surface area contributed by atoms with Gasteiger partial charge in [-0.05, 0) is 45.1 Å². The molecule has 0 unspecified atom stereocenters. The Balaban J connectivity index is 1.73. The van der Waals surface area contributed by atoms with E-state index in [4.69, 9.17) is 4.52 Å². The lowest BCUT2D eigenvalue weighted by Crippen LogP contribution is -2.38. The number of rotatable bonds is 5.